The Morgan fingerprint density at radius 2 is 2.00 bits per heavy atom. The Labute approximate surface area is 149 Å². The number of imidazole rings is 1. The van der Waals surface area contributed by atoms with Crippen LogP contribution in [0.5, 0.6) is 5.75 Å². The molecule has 0 atom stereocenters. The second-order valence-electron chi connectivity index (χ2n) is 6.80. The molecular formula is C20H27N3O2. The molecule has 0 spiro atoms. The molecule has 0 unspecified atom stereocenters. The van der Waals surface area contributed by atoms with E-state index in [2.05, 4.69) is 14.9 Å². The number of carbonyl (C=O) groups excluding carboxylic acids is 1. The lowest BCUT2D eigenvalue weighted by molar-refractivity contribution is -0.126. The number of aryl methyl sites for hydroxylation is 2. The quantitative estimate of drug-likeness (QED) is 0.787. The van der Waals surface area contributed by atoms with Gasteiger partial charge in [0.15, 0.2) is 0 Å². The van der Waals surface area contributed by atoms with Crippen molar-refractivity contribution in [3.8, 4) is 5.75 Å². The van der Waals surface area contributed by atoms with E-state index in [9.17, 15) is 4.79 Å². The van der Waals surface area contributed by atoms with Gasteiger partial charge in [0.2, 0.25) is 5.91 Å². The summed E-state index contributed by atoms with van der Waals surface area (Å²) in [5, 5.41) is 3.17. The summed E-state index contributed by atoms with van der Waals surface area (Å²) < 4.78 is 7.35. The smallest absolute Gasteiger partial charge is 0.230 e. The maximum Gasteiger partial charge on any atom is 0.230 e. The summed E-state index contributed by atoms with van der Waals surface area (Å²) in [4.78, 5) is 17.2. The average molecular weight is 341 g/mol. The van der Waals surface area contributed by atoms with Gasteiger partial charge in [-0.2, -0.15) is 0 Å². The molecule has 0 bridgehead atoms. The first-order valence-electron chi connectivity index (χ1n) is 9.06. The fraction of sp³-hybridized carbons (Fsp3) is 0.500. The Balaban J connectivity index is 1.61. The number of ether oxygens (including phenoxy) is 1. The molecule has 25 heavy (non-hydrogen) atoms. The maximum atomic E-state index is 13.0. The van der Waals surface area contributed by atoms with Crippen molar-refractivity contribution in [1.29, 1.82) is 0 Å². The predicted molar refractivity (Wildman–Crippen MR) is 97.7 cm³/mol. The number of rotatable bonds is 7. The van der Waals surface area contributed by atoms with Crippen molar-refractivity contribution < 1.29 is 9.53 Å². The van der Waals surface area contributed by atoms with E-state index in [4.69, 9.17) is 4.74 Å². The highest BCUT2D eigenvalue weighted by Crippen LogP contribution is 2.41. The summed E-state index contributed by atoms with van der Waals surface area (Å²) in [6.45, 7) is 3.56. The SMILES string of the molecule is COc1ccc(C2(C(=O)NCCCn3ccnc3C)CCCC2)cc1. The topological polar surface area (TPSA) is 56.1 Å². The van der Waals surface area contributed by atoms with E-state index in [1.165, 1.54) is 0 Å². The Morgan fingerprint density at radius 3 is 2.60 bits per heavy atom. The molecule has 0 aliphatic heterocycles. The van der Waals surface area contributed by atoms with E-state index in [1.807, 2.05) is 43.6 Å². The molecular weight excluding hydrogens is 314 g/mol. The molecule has 2 aromatic rings. The number of nitrogens with zero attached hydrogens (tertiary/aromatic N) is 2. The van der Waals surface area contributed by atoms with Crippen molar-refractivity contribution in [1.82, 2.24) is 14.9 Å². The summed E-state index contributed by atoms with van der Waals surface area (Å²) in [6, 6.07) is 7.98. The highest BCUT2D eigenvalue weighted by molar-refractivity contribution is 5.88. The number of amides is 1. The first kappa shape index (κ1) is 17.5. The fourth-order valence-corrected chi connectivity index (χ4v) is 3.80. The molecule has 1 aliphatic carbocycles. The summed E-state index contributed by atoms with van der Waals surface area (Å²) in [5.41, 5.74) is 0.728. The Bertz CT molecular complexity index is 700. The van der Waals surface area contributed by atoms with E-state index in [0.717, 1.165) is 55.8 Å². The first-order chi connectivity index (χ1) is 12.2. The predicted octanol–water partition coefficient (Wildman–Crippen LogP) is 3.22. The normalized spacial score (nSPS) is 15.9. The van der Waals surface area contributed by atoms with E-state index < -0.39 is 0 Å². The van der Waals surface area contributed by atoms with Gasteiger partial charge in [0, 0.05) is 25.5 Å². The van der Waals surface area contributed by atoms with Crippen molar-refractivity contribution in [2.24, 2.45) is 0 Å². The number of nitrogens with one attached hydrogen (secondary N) is 1. The minimum atomic E-state index is -0.378. The van der Waals surface area contributed by atoms with E-state index in [1.54, 1.807) is 7.11 Å². The Kier molecular flexibility index (Phi) is 5.41. The second-order valence-corrected chi connectivity index (χ2v) is 6.80. The van der Waals surface area contributed by atoms with Crippen LogP contribution in [0, 0.1) is 6.92 Å². The molecule has 5 heteroatoms. The molecule has 1 heterocycles. The van der Waals surface area contributed by atoms with Gasteiger partial charge in [0.25, 0.3) is 0 Å². The number of hydrogen-bond acceptors (Lipinski definition) is 3. The minimum Gasteiger partial charge on any atom is -0.497 e. The van der Waals surface area contributed by atoms with Crippen molar-refractivity contribution >= 4 is 5.91 Å². The third-order valence-corrected chi connectivity index (χ3v) is 5.32. The van der Waals surface area contributed by atoms with Crippen LogP contribution < -0.4 is 10.1 Å². The molecule has 1 fully saturated rings. The third kappa shape index (κ3) is 3.70. The van der Waals surface area contributed by atoms with Crippen LogP contribution in [-0.2, 0) is 16.8 Å². The molecule has 134 valence electrons. The highest BCUT2D eigenvalue weighted by Gasteiger charge is 2.42. The van der Waals surface area contributed by atoms with Gasteiger partial charge in [-0.3, -0.25) is 4.79 Å². The zero-order valence-electron chi connectivity index (χ0n) is 15.1. The van der Waals surface area contributed by atoms with Crippen molar-refractivity contribution in [2.75, 3.05) is 13.7 Å². The minimum absolute atomic E-state index is 0.164. The third-order valence-electron chi connectivity index (χ3n) is 5.32. The van der Waals surface area contributed by atoms with E-state index >= 15 is 0 Å². The van der Waals surface area contributed by atoms with Crippen LogP contribution in [0.1, 0.15) is 43.5 Å². The zero-order valence-corrected chi connectivity index (χ0v) is 15.1. The van der Waals surface area contributed by atoms with Gasteiger partial charge in [0.1, 0.15) is 11.6 Å². The van der Waals surface area contributed by atoms with Crippen LogP contribution in [0.25, 0.3) is 0 Å². The fourth-order valence-electron chi connectivity index (χ4n) is 3.80. The largest absolute Gasteiger partial charge is 0.497 e. The molecule has 1 aliphatic rings. The Hall–Kier alpha value is -2.30. The summed E-state index contributed by atoms with van der Waals surface area (Å²) in [6.07, 6.45) is 8.75. The number of aromatic nitrogens is 2. The number of carbonyl (C=O) groups is 1. The number of hydrogen-bond donors (Lipinski definition) is 1. The summed E-state index contributed by atoms with van der Waals surface area (Å²) in [5.74, 6) is 2.00. The number of methoxy groups -OCH3 is 1. The van der Waals surface area contributed by atoms with Crippen LogP contribution in [-0.4, -0.2) is 29.1 Å². The van der Waals surface area contributed by atoms with Crippen LogP contribution in [0.3, 0.4) is 0 Å². The maximum absolute atomic E-state index is 13.0. The van der Waals surface area contributed by atoms with Gasteiger partial charge >= 0.3 is 0 Å². The lowest BCUT2D eigenvalue weighted by atomic mass is 9.78. The molecule has 1 aromatic carbocycles. The molecule has 1 saturated carbocycles. The van der Waals surface area contributed by atoms with E-state index in [0.29, 0.717) is 6.54 Å². The van der Waals surface area contributed by atoms with Crippen molar-refractivity contribution in [2.45, 2.75) is 51.0 Å². The van der Waals surface area contributed by atoms with Gasteiger partial charge in [-0.25, -0.2) is 4.98 Å². The second kappa shape index (κ2) is 7.72. The molecule has 1 aromatic heterocycles. The monoisotopic (exact) mass is 341 g/mol. The van der Waals surface area contributed by atoms with Crippen LogP contribution >= 0.6 is 0 Å². The lowest BCUT2D eigenvalue weighted by Crippen LogP contribution is -2.43. The summed E-state index contributed by atoms with van der Waals surface area (Å²) >= 11 is 0. The van der Waals surface area contributed by atoms with Crippen molar-refractivity contribution in [3.63, 3.8) is 0 Å². The molecule has 1 amide bonds. The zero-order chi connectivity index (χ0) is 17.7. The molecule has 0 saturated heterocycles. The molecule has 5 nitrogen and oxygen atoms in total. The van der Waals surface area contributed by atoms with Gasteiger partial charge in [-0.15, -0.1) is 0 Å². The van der Waals surface area contributed by atoms with Crippen LogP contribution in [0.2, 0.25) is 0 Å². The van der Waals surface area contributed by atoms with Gasteiger partial charge < -0.3 is 14.6 Å². The first-order valence-corrected chi connectivity index (χ1v) is 9.06. The van der Waals surface area contributed by atoms with Gasteiger partial charge in [-0.05, 0) is 43.9 Å². The van der Waals surface area contributed by atoms with Crippen LogP contribution in [0.15, 0.2) is 36.7 Å². The highest BCUT2D eigenvalue weighted by atomic mass is 16.5. The van der Waals surface area contributed by atoms with Crippen molar-refractivity contribution in [3.05, 3.63) is 48.0 Å². The van der Waals surface area contributed by atoms with Gasteiger partial charge in [-0.1, -0.05) is 25.0 Å². The number of benzene rings is 1. The van der Waals surface area contributed by atoms with E-state index in [-0.39, 0.29) is 11.3 Å². The summed E-state index contributed by atoms with van der Waals surface area (Å²) in [7, 11) is 1.66. The molecule has 0 radical (unpaired) electrons. The standard InChI is InChI=1S/C20H27N3O2/c1-16-21-13-15-23(16)14-5-12-22-19(24)20(10-3-4-11-20)17-6-8-18(25-2)9-7-17/h6-9,13,15H,3-5,10-12,14H2,1-2H3,(H,22,24). The lowest BCUT2D eigenvalue weighted by Gasteiger charge is -2.28. The molecule has 1 N–H and O–H groups in total. The van der Waals surface area contributed by atoms with Crippen LogP contribution in [0.4, 0.5) is 0 Å². The average Bonchev–Trinajstić information content (AvgIpc) is 3.29. The van der Waals surface area contributed by atoms with Gasteiger partial charge in [0.05, 0.1) is 12.5 Å². The molecule has 3 rings (SSSR count). The Morgan fingerprint density at radius 1 is 1.28 bits per heavy atom.